The van der Waals surface area contributed by atoms with Gasteiger partial charge in [0.1, 0.15) is 6.54 Å². The molecule has 0 aromatic carbocycles. The van der Waals surface area contributed by atoms with Crippen LogP contribution >= 0.6 is 0 Å². The summed E-state index contributed by atoms with van der Waals surface area (Å²) in [5.41, 5.74) is 0.802. The van der Waals surface area contributed by atoms with E-state index < -0.39 is 0 Å². The van der Waals surface area contributed by atoms with E-state index in [0.29, 0.717) is 12.6 Å². The van der Waals surface area contributed by atoms with Crippen molar-refractivity contribution in [3.05, 3.63) is 30.1 Å². The molecule has 2 heterocycles. The van der Waals surface area contributed by atoms with Crippen LogP contribution in [-0.4, -0.2) is 45.7 Å². The van der Waals surface area contributed by atoms with Crippen LogP contribution in [0.1, 0.15) is 45.2 Å². The Hall–Kier alpha value is -1.91. The van der Waals surface area contributed by atoms with Crippen LogP contribution in [0.15, 0.2) is 24.4 Å². The normalized spacial score (nSPS) is 18.1. The summed E-state index contributed by atoms with van der Waals surface area (Å²) in [6.45, 7) is 4.96. The number of hydrogen-bond donors (Lipinski definition) is 0. The summed E-state index contributed by atoms with van der Waals surface area (Å²) in [4.78, 5) is 32.2. The Morgan fingerprint density at radius 2 is 2.18 bits per heavy atom. The van der Waals surface area contributed by atoms with Crippen LogP contribution in [0.5, 0.6) is 0 Å². The second-order valence-corrected chi connectivity index (χ2v) is 5.84. The highest BCUT2D eigenvalue weighted by molar-refractivity contribution is 5.84. The summed E-state index contributed by atoms with van der Waals surface area (Å²) in [5.74, 6) is -0.0401. The van der Waals surface area contributed by atoms with E-state index in [9.17, 15) is 9.59 Å². The van der Waals surface area contributed by atoms with Crippen LogP contribution in [0.2, 0.25) is 0 Å². The summed E-state index contributed by atoms with van der Waals surface area (Å²) in [6.07, 6.45) is 6.00. The number of pyridine rings is 1. The van der Waals surface area contributed by atoms with Crippen molar-refractivity contribution in [3.8, 4) is 0 Å². The van der Waals surface area contributed by atoms with Crippen molar-refractivity contribution in [1.82, 2.24) is 14.8 Å². The monoisotopic (exact) mass is 303 g/mol. The number of amides is 2. The molecule has 22 heavy (non-hydrogen) atoms. The fraction of sp³-hybridized carbons (Fsp3) is 0.588. The van der Waals surface area contributed by atoms with Gasteiger partial charge in [0.2, 0.25) is 11.8 Å². The molecule has 5 nitrogen and oxygen atoms in total. The van der Waals surface area contributed by atoms with Crippen LogP contribution in [0.4, 0.5) is 0 Å². The lowest BCUT2D eigenvalue weighted by Crippen LogP contribution is -2.48. The van der Waals surface area contributed by atoms with E-state index >= 15 is 0 Å². The molecule has 2 rings (SSSR count). The third-order valence-corrected chi connectivity index (χ3v) is 4.27. The lowest BCUT2D eigenvalue weighted by molar-refractivity contribution is -0.142. The molecular formula is C17H25N3O2. The lowest BCUT2D eigenvalue weighted by atomic mass is 10.00. The number of carbonyl (C=O) groups excluding carboxylic acids is 2. The summed E-state index contributed by atoms with van der Waals surface area (Å²) in [5, 5.41) is 0. The molecule has 0 bridgehead atoms. The van der Waals surface area contributed by atoms with E-state index in [4.69, 9.17) is 0 Å². The number of likely N-dealkylation sites (tertiary alicyclic amines) is 1. The van der Waals surface area contributed by atoms with Gasteiger partial charge in [0.25, 0.3) is 0 Å². The second kappa shape index (κ2) is 7.92. The summed E-state index contributed by atoms with van der Waals surface area (Å²) in [6, 6.07) is 5.92. The van der Waals surface area contributed by atoms with Gasteiger partial charge in [0.05, 0.1) is 12.2 Å². The van der Waals surface area contributed by atoms with Gasteiger partial charge in [-0.25, -0.2) is 0 Å². The van der Waals surface area contributed by atoms with Gasteiger partial charge in [-0.3, -0.25) is 14.6 Å². The van der Waals surface area contributed by atoms with Crippen molar-refractivity contribution in [2.45, 2.75) is 52.1 Å². The molecule has 1 unspecified atom stereocenters. The molecule has 120 valence electrons. The van der Waals surface area contributed by atoms with E-state index in [0.717, 1.165) is 31.5 Å². The number of rotatable bonds is 5. The summed E-state index contributed by atoms with van der Waals surface area (Å²) < 4.78 is 0. The Kier molecular flexibility index (Phi) is 5.92. The first-order valence-electron chi connectivity index (χ1n) is 8.06. The quantitative estimate of drug-likeness (QED) is 0.838. The van der Waals surface area contributed by atoms with E-state index in [1.165, 1.54) is 13.3 Å². The maximum atomic E-state index is 12.6. The highest BCUT2D eigenvalue weighted by Crippen LogP contribution is 2.19. The first-order chi connectivity index (χ1) is 10.6. The van der Waals surface area contributed by atoms with E-state index in [-0.39, 0.29) is 18.4 Å². The highest BCUT2D eigenvalue weighted by Gasteiger charge is 2.27. The number of piperidine rings is 1. The molecule has 1 saturated heterocycles. The first kappa shape index (κ1) is 16.5. The summed E-state index contributed by atoms with van der Waals surface area (Å²) >= 11 is 0. The third kappa shape index (κ3) is 4.29. The minimum Gasteiger partial charge on any atom is -0.338 e. The molecular weight excluding hydrogens is 278 g/mol. The Bertz CT molecular complexity index is 504. The largest absolute Gasteiger partial charge is 0.338 e. The van der Waals surface area contributed by atoms with Gasteiger partial charge < -0.3 is 9.80 Å². The van der Waals surface area contributed by atoms with Crippen LogP contribution < -0.4 is 0 Å². The van der Waals surface area contributed by atoms with Gasteiger partial charge >= 0.3 is 0 Å². The van der Waals surface area contributed by atoms with Gasteiger partial charge in [0.15, 0.2) is 0 Å². The van der Waals surface area contributed by atoms with Crippen molar-refractivity contribution in [3.63, 3.8) is 0 Å². The average molecular weight is 303 g/mol. The van der Waals surface area contributed by atoms with Crippen LogP contribution in [0.3, 0.4) is 0 Å². The molecule has 1 aliphatic heterocycles. The molecule has 1 fully saturated rings. The maximum absolute atomic E-state index is 12.6. The fourth-order valence-electron chi connectivity index (χ4n) is 2.97. The van der Waals surface area contributed by atoms with Crippen molar-refractivity contribution in [2.75, 3.05) is 13.1 Å². The predicted octanol–water partition coefficient (Wildman–Crippen LogP) is 2.22. The maximum Gasteiger partial charge on any atom is 0.242 e. The van der Waals surface area contributed by atoms with Crippen LogP contribution in [-0.2, 0) is 16.1 Å². The molecule has 1 aromatic rings. The molecule has 0 saturated carbocycles. The lowest BCUT2D eigenvalue weighted by Gasteiger charge is -2.36. The van der Waals surface area contributed by atoms with Crippen LogP contribution in [0, 0.1) is 0 Å². The van der Waals surface area contributed by atoms with E-state index in [1.807, 2.05) is 23.1 Å². The van der Waals surface area contributed by atoms with Gasteiger partial charge in [0, 0.05) is 25.7 Å². The Morgan fingerprint density at radius 1 is 1.36 bits per heavy atom. The zero-order valence-corrected chi connectivity index (χ0v) is 13.5. The standard InChI is InChI=1S/C17H25N3O2/c1-3-16-9-5-7-11-20(16)17(22)13-19(14(2)21)12-15-8-4-6-10-18-15/h4,6,8,10,16H,3,5,7,9,11-13H2,1-2H3. The Morgan fingerprint density at radius 3 is 2.82 bits per heavy atom. The van der Waals surface area contributed by atoms with E-state index in [2.05, 4.69) is 11.9 Å². The molecule has 1 aromatic heterocycles. The van der Waals surface area contributed by atoms with Crippen molar-refractivity contribution >= 4 is 11.8 Å². The predicted molar refractivity (Wildman–Crippen MR) is 85.0 cm³/mol. The van der Waals surface area contributed by atoms with Crippen molar-refractivity contribution in [1.29, 1.82) is 0 Å². The van der Waals surface area contributed by atoms with Gasteiger partial charge in [-0.1, -0.05) is 13.0 Å². The molecule has 0 spiro atoms. The zero-order valence-electron chi connectivity index (χ0n) is 13.5. The molecule has 5 heteroatoms. The molecule has 1 aliphatic rings. The highest BCUT2D eigenvalue weighted by atomic mass is 16.2. The number of hydrogen-bond acceptors (Lipinski definition) is 3. The zero-order chi connectivity index (χ0) is 15.9. The fourth-order valence-corrected chi connectivity index (χ4v) is 2.97. The smallest absolute Gasteiger partial charge is 0.242 e. The van der Waals surface area contributed by atoms with Gasteiger partial charge in [-0.05, 0) is 37.8 Å². The topological polar surface area (TPSA) is 53.5 Å². The SMILES string of the molecule is CCC1CCCCN1C(=O)CN(Cc1ccccn1)C(C)=O. The summed E-state index contributed by atoms with van der Waals surface area (Å²) in [7, 11) is 0. The number of carbonyl (C=O) groups is 2. The molecule has 0 aliphatic carbocycles. The molecule has 0 N–H and O–H groups in total. The third-order valence-electron chi connectivity index (χ3n) is 4.27. The van der Waals surface area contributed by atoms with Gasteiger partial charge in [-0.2, -0.15) is 0 Å². The minimum atomic E-state index is -0.0935. The van der Waals surface area contributed by atoms with E-state index in [1.54, 1.807) is 11.1 Å². The molecule has 0 radical (unpaired) electrons. The first-order valence-corrected chi connectivity index (χ1v) is 8.06. The Labute approximate surface area is 132 Å². The number of aromatic nitrogens is 1. The molecule has 2 amide bonds. The minimum absolute atomic E-state index is 0.0534. The average Bonchev–Trinajstić information content (AvgIpc) is 2.55. The van der Waals surface area contributed by atoms with Crippen molar-refractivity contribution in [2.24, 2.45) is 0 Å². The molecule has 1 atom stereocenters. The van der Waals surface area contributed by atoms with Crippen LogP contribution in [0.25, 0.3) is 0 Å². The van der Waals surface area contributed by atoms with Gasteiger partial charge in [-0.15, -0.1) is 0 Å². The Balaban J connectivity index is 2.01. The second-order valence-electron chi connectivity index (χ2n) is 5.84. The van der Waals surface area contributed by atoms with Crippen molar-refractivity contribution < 1.29 is 9.59 Å². The number of nitrogens with zero attached hydrogens (tertiary/aromatic N) is 3.